The number of nitrogens with one attached hydrogen (secondary N) is 2. The van der Waals surface area contributed by atoms with E-state index in [1.807, 2.05) is 12.4 Å². The van der Waals surface area contributed by atoms with Gasteiger partial charge in [-0.3, -0.25) is 4.79 Å². The molecule has 0 radical (unpaired) electrons. The third-order valence-corrected chi connectivity index (χ3v) is 6.11. The molecule has 2 aromatic rings. The van der Waals surface area contributed by atoms with Gasteiger partial charge < -0.3 is 20.5 Å². The van der Waals surface area contributed by atoms with Crippen LogP contribution in [0, 0.1) is 12.8 Å². The number of aromatic nitrogens is 1. The third-order valence-electron chi connectivity index (χ3n) is 5.13. The average molecular weight is 373 g/mol. The van der Waals surface area contributed by atoms with Gasteiger partial charge in [0.25, 0.3) is 0 Å². The Bertz CT molecular complexity index is 773. The van der Waals surface area contributed by atoms with Crippen molar-refractivity contribution in [2.45, 2.75) is 31.5 Å². The van der Waals surface area contributed by atoms with Gasteiger partial charge in [0, 0.05) is 12.5 Å². The number of amides is 1. The molecular formula is C19H23N3O3S. The van der Waals surface area contributed by atoms with Crippen molar-refractivity contribution < 1.29 is 14.6 Å². The van der Waals surface area contributed by atoms with Crippen LogP contribution in [0.2, 0.25) is 0 Å². The summed E-state index contributed by atoms with van der Waals surface area (Å²) in [5.74, 6) is 0.224. The maximum absolute atomic E-state index is 12.6. The molecule has 2 aliphatic rings. The lowest BCUT2D eigenvalue weighted by atomic mass is 9.90. The van der Waals surface area contributed by atoms with Crippen molar-refractivity contribution in [2.24, 2.45) is 5.92 Å². The molecule has 1 aromatic heterocycles. The Balaban J connectivity index is 1.51. The topological polar surface area (TPSA) is 83.5 Å². The first-order valence-electron chi connectivity index (χ1n) is 8.92. The Kier molecular flexibility index (Phi) is 5.04. The van der Waals surface area contributed by atoms with Crippen LogP contribution in [0.15, 0.2) is 29.8 Å². The number of aryl methyl sites for hydroxylation is 1. The molecule has 0 bridgehead atoms. The smallest absolute Gasteiger partial charge is 0.237 e. The van der Waals surface area contributed by atoms with Crippen LogP contribution in [0.1, 0.15) is 23.7 Å². The summed E-state index contributed by atoms with van der Waals surface area (Å²) in [6.45, 7) is 3.79. The van der Waals surface area contributed by atoms with Crippen LogP contribution in [0.25, 0.3) is 10.4 Å². The molecule has 3 atom stereocenters. The second kappa shape index (κ2) is 7.44. The van der Waals surface area contributed by atoms with E-state index in [-0.39, 0.29) is 23.9 Å². The van der Waals surface area contributed by atoms with Crippen molar-refractivity contribution in [3.8, 4) is 10.4 Å². The van der Waals surface area contributed by atoms with Gasteiger partial charge in [0.05, 0.1) is 47.5 Å². The molecule has 4 rings (SSSR count). The second-order valence-corrected chi connectivity index (χ2v) is 7.88. The lowest BCUT2D eigenvalue weighted by Crippen LogP contribution is -2.47. The van der Waals surface area contributed by atoms with Crippen LogP contribution in [0.4, 0.5) is 0 Å². The molecule has 7 heteroatoms. The number of carbonyl (C=O) groups is 1. The van der Waals surface area contributed by atoms with Crippen molar-refractivity contribution in [2.75, 3.05) is 19.8 Å². The minimum absolute atomic E-state index is 0.0548. The van der Waals surface area contributed by atoms with Crippen LogP contribution in [0.5, 0.6) is 0 Å². The Morgan fingerprint density at radius 1 is 1.38 bits per heavy atom. The van der Waals surface area contributed by atoms with Gasteiger partial charge in [0.1, 0.15) is 0 Å². The summed E-state index contributed by atoms with van der Waals surface area (Å²) < 4.78 is 5.35. The highest BCUT2D eigenvalue weighted by atomic mass is 32.1. The highest BCUT2D eigenvalue weighted by molar-refractivity contribution is 7.13. The molecule has 26 heavy (non-hydrogen) atoms. The Morgan fingerprint density at radius 2 is 2.15 bits per heavy atom. The summed E-state index contributed by atoms with van der Waals surface area (Å²) in [5.41, 5.74) is 5.11. The average Bonchev–Trinajstić information content (AvgIpc) is 3.21. The largest absolute Gasteiger partial charge is 0.392 e. The predicted molar refractivity (Wildman–Crippen MR) is 99.9 cm³/mol. The van der Waals surface area contributed by atoms with E-state index in [0.29, 0.717) is 26.2 Å². The molecule has 2 aliphatic heterocycles. The molecule has 138 valence electrons. The number of carbonyl (C=O) groups excluding carboxylic acids is 1. The van der Waals surface area contributed by atoms with Gasteiger partial charge in [-0.05, 0) is 24.5 Å². The first kappa shape index (κ1) is 17.6. The first-order valence-corrected chi connectivity index (χ1v) is 9.80. The maximum atomic E-state index is 12.6. The van der Waals surface area contributed by atoms with Gasteiger partial charge in [0.2, 0.25) is 5.91 Å². The maximum Gasteiger partial charge on any atom is 0.237 e. The number of thiazole rings is 1. The van der Waals surface area contributed by atoms with Gasteiger partial charge in [-0.2, -0.15) is 0 Å². The second-order valence-electron chi connectivity index (χ2n) is 7.02. The van der Waals surface area contributed by atoms with Crippen LogP contribution in [0.3, 0.4) is 0 Å². The molecule has 6 nitrogen and oxygen atoms in total. The lowest BCUT2D eigenvalue weighted by molar-refractivity contribution is -0.126. The molecule has 0 spiro atoms. The monoisotopic (exact) mass is 373 g/mol. The summed E-state index contributed by atoms with van der Waals surface area (Å²) >= 11 is 1.63. The molecule has 2 unspecified atom stereocenters. The number of nitrogens with zero attached hydrogens (tertiary/aromatic N) is 1. The van der Waals surface area contributed by atoms with Gasteiger partial charge in [-0.1, -0.05) is 24.3 Å². The van der Waals surface area contributed by atoms with Crippen molar-refractivity contribution >= 4 is 17.2 Å². The fourth-order valence-electron chi connectivity index (χ4n) is 3.51. The van der Waals surface area contributed by atoms with Crippen LogP contribution < -0.4 is 10.6 Å². The Labute approximate surface area is 156 Å². The number of rotatable bonds is 5. The van der Waals surface area contributed by atoms with E-state index < -0.39 is 6.10 Å². The number of ether oxygens (including phenoxy) is 1. The van der Waals surface area contributed by atoms with E-state index in [0.717, 1.165) is 16.8 Å². The van der Waals surface area contributed by atoms with Crippen LogP contribution in [-0.2, 0) is 9.53 Å². The van der Waals surface area contributed by atoms with Crippen molar-refractivity contribution in [1.29, 1.82) is 0 Å². The zero-order valence-corrected chi connectivity index (χ0v) is 15.5. The molecule has 3 N–H and O–H groups in total. The Hall–Kier alpha value is -1.80. The summed E-state index contributed by atoms with van der Waals surface area (Å²) in [5, 5.41) is 15.9. The molecule has 3 heterocycles. The molecule has 1 aromatic carbocycles. The van der Waals surface area contributed by atoms with Crippen molar-refractivity contribution in [3.05, 3.63) is 41.0 Å². The number of hydrogen-bond acceptors (Lipinski definition) is 6. The molecule has 2 saturated heterocycles. The minimum Gasteiger partial charge on any atom is -0.392 e. The third kappa shape index (κ3) is 3.53. The normalized spacial score (nSPS) is 24.2. The first-order chi connectivity index (χ1) is 12.6. The fourth-order valence-corrected chi connectivity index (χ4v) is 4.32. The van der Waals surface area contributed by atoms with Crippen molar-refractivity contribution in [3.63, 3.8) is 0 Å². The molecule has 1 amide bonds. The van der Waals surface area contributed by atoms with E-state index in [4.69, 9.17) is 4.74 Å². The standard InChI is InChI=1S/C19H23N3O3S/c1-11-18(26-10-21-11)13-4-2-12(3-5-13)17(14-8-25-9-14)22-19(24)16-6-15(23)7-20-16/h2-5,10,14-17,20,23H,6-9H2,1H3,(H,22,24)/t15?,16?,17-/m0/s1. The Morgan fingerprint density at radius 3 is 2.69 bits per heavy atom. The highest BCUT2D eigenvalue weighted by Gasteiger charge is 2.34. The quantitative estimate of drug-likeness (QED) is 0.742. The summed E-state index contributed by atoms with van der Waals surface area (Å²) in [4.78, 5) is 18.1. The van der Waals surface area contributed by atoms with Crippen molar-refractivity contribution in [1.82, 2.24) is 15.6 Å². The minimum atomic E-state index is -0.446. The number of aliphatic hydroxyl groups is 1. The summed E-state index contributed by atoms with van der Waals surface area (Å²) in [7, 11) is 0. The van der Waals surface area contributed by atoms with Gasteiger partial charge >= 0.3 is 0 Å². The zero-order chi connectivity index (χ0) is 18.1. The number of hydrogen-bond donors (Lipinski definition) is 3. The zero-order valence-electron chi connectivity index (χ0n) is 14.6. The van der Waals surface area contributed by atoms with Crippen LogP contribution >= 0.6 is 11.3 Å². The van der Waals surface area contributed by atoms with Crippen LogP contribution in [-0.4, -0.2) is 47.9 Å². The number of β-amino-alcohol motifs (C(OH)–C–C–N with tert-alkyl or cyclic N) is 1. The molecule has 2 fully saturated rings. The van der Waals surface area contributed by atoms with E-state index in [1.165, 1.54) is 4.88 Å². The fraction of sp³-hybridized carbons (Fsp3) is 0.474. The summed E-state index contributed by atoms with van der Waals surface area (Å²) in [6.07, 6.45) is 0.0155. The van der Waals surface area contributed by atoms with Gasteiger partial charge in [-0.15, -0.1) is 11.3 Å². The SMILES string of the molecule is Cc1ncsc1-c1ccc([C@H](NC(=O)C2CC(O)CN2)C2COC2)cc1. The molecule has 0 aliphatic carbocycles. The van der Waals surface area contributed by atoms with Gasteiger partial charge in [0.15, 0.2) is 0 Å². The predicted octanol–water partition coefficient (Wildman–Crippen LogP) is 1.65. The number of benzene rings is 1. The molecular weight excluding hydrogens is 350 g/mol. The van der Waals surface area contributed by atoms with E-state index >= 15 is 0 Å². The van der Waals surface area contributed by atoms with E-state index in [9.17, 15) is 9.90 Å². The number of aliphatic hydroxyl groups excluding tert-OH is 1. The summed E-state index contributed by atoms with van der Waals surface area (Å²) in [6, 6.07) is 7.93. The van der Waals surface area contributed by atoms with E-state index in [2.05, 4.69) is 39.9 Å². The van der Waals surface area contributed by atoms with E-state index in [1.54, 1.807) is 11.3 Å². The molecule has 0 saturated carbocycles. The van der Waals surface area contributed by atoms with Gasteiger partial charge in [-0.25, -0.2) is 4.98 Å². The lowest BCUT2D eigenvalue weighted by Gasteiger charge is -2.35. The highest BCUT2D eigenvalue weighted by Crippen LogP contribution is 2.32.